The zero-order valence-corrected chi connectivity index (χ0v) is 11.1. The van der Waals surface area contributed by atoms with Crippen molar-refractivity contribution in [2.45, 2.75) is 25.3 Å². The summed E-state index contributed by atoms with van der Waals surface area (Å²) >= 11 is 5.76. The minimum atomic E-state index is -2.63. The smallest absolute Gasteiger partial charge is 0.317 e. The number of carbonyl (C=O) groups is 1. The molecule has 0 radical (unpaired) electrons. The largest absolute Gasteiger partial charge is 0.334 e. The maximum absolute atomic E-state index is 13.0. The molecule has 1 aliphatic rings. The Bertz CT molecular complexity index is 440. The number of nitrogens with zero attached hydrogens (tertiary/aromatic N) is 1. The zero-order valence-electron chi connectivity index (χ0n) is 10.3. The van der Waals surface area contributed by atoms with Gasteiger partial charge in [-0.2, -0.15) is 0 Å². The molecule has 1 aromatic carbocycles. The van der Waals surface area contributed by atoms with Crippen molar-refractivity contribution < 1.29 is 13.6 Å². The second-order valence-electron chi connectivity index (χ2n) is 4.63. The number of rotatable bonds is 2. The average molecular weight is 289 g/mol. The topological polar surface area (TPSA) is 32.3 Å². The molecule has 2 amide bonds. The number of hydrogen-bond donors (Lipinski definition) is 1. The SMILES string of the molecule is O=C(NCc1ccc(Cl)cc1)N1CCC(F)(F)CC1. The van der Waals surface area contributed by atoms with E-state index in [-0.39, 0.29) is 32.0 Å². The summed E-state index contributed by atoms with van der Waals surface area (Å²) in [6.45, 7) is 0.557. The predicted octanol–water partition coefficient (Wildman–Crippen LogP) is 3.28. The van der Waals surface area contributed by atoms with Crippen LogP contribution in [0.15, 0.2) is 24.3 Å². The standard InChI is InChI=1S/C13H15ClF2N2O/c14-11-3-1-10(2-4-11)9-17-12(19)18-7-5-13(15,16)6-8-18/h1-4H,5-9H2,(H,17,19). The second kappa shape index (κ2) is 5.74. The summed E-state index contributed by atoms with van der Waals surface area (Å²) in [6.07, 6.45) is -0.525. The monoisotopic (exact) mass is 288 g/mol. The highest BCUT2D eigenvalue weighted by atomic mass is 35.5. The van der Waals surface area contributed by atoms with Crippen molar-refractivity contribution in [2.75, 3.05) is 13.1 Å². The number of alkyl halides is 2. The fourth-order valence-electron chi connectivity index (χ4n) is 1.93. The summed E-state index contributed by atoms with van der Waals surface area (Å²) in [5.41, 5.74) is 0.917. The third kappa shape index (κ3) is 4.06. The predicted molar refractivity (Wildman–Crippen MR) is 69.4 cm³/mol. The summed E-state index contributed by atoms with van der Waals surface area (Å²) in [6, 6.07) is 6.81. The van der Waals surface area contributed by atoms with E-state index in [1.54, 1.807) is 12.1 Å². The van der Waals surface area contributed by atoms with Crippen LogP contribution >= 0.6 is 11.6 Å². The fraction of sp³-hybridized carbons (Fsp3) is 0.462. The third-order valence-electron chi connectivity index (χ3n) is 3.14. The Balaban J connectivity index is 1.80. The van der Waals surface area contributed by atoms with Crippen molar-refractivity contribution in [2.24, 2.45) is 0 Å². The molecule has 1 aromatic rings. The normalized spacial score (nSPS) is 18.2. The summed E-state index contributed by atoms with van der Waals surface area (Å²) in [5, 5.41) is 3.35. The van der Waals surface area contributed by atoms with Gasteiger partial charge in [0.1, 0.15) is 0 Å². The average Bonchev–Trinajstić information content (AvgIpc) is 2.37. The van der Waals surface area contributed by atoms with E-state index in [1.165, 1.54) is 4.90 Å². The van der Waals surface area contributed by atoms with Crippen LogP contribution in [0.2, 0.25) is 5.02 Å². The molecule has 3 nitrogen and oxygen atoms in total. The Morgan fingerprint density at radius 3 is 2.42 bits per heavy atom. The van der Waals surface area contributed by atoms with Gasteiger partial charge < -0.3 is 10.2 Å². The number of piperidine rings is 1. The molecule has 1 N–H and O–H groups in total. The number of carbonyl (C=O) groups excluding carboxylic acids is 1. The highest BCUT2D eigenvalue weighted by Gasteiger charge is 2.35. The lowest BCUT2D eigenvalue weighted by atomic mass is 10.1. The Hall–Kier alpha value is -1.36. The number of nitrogens with one attached hydrogen (secondary N) is 1. The number of benzene rings is 1. The maximum Gasteiger partial charge on any atom is 0.317 e. The molecule has 1 heterocycles. The van der Waals surface area contributed by atoms with Gasteiger partial charge in [-0.05, 0) is 17.7 Å². The number of likely N-dealkylation sites (tertiary alicyclic amines) is 1. The van der Waals surface area contributed by atoms with E-state index < -0.39 is 5.92 Å². The van der Waals surface area contributed by atoms with Gasteiger partial charge >= 0.3 is 6.03 Å². The lowest BCUT2D eigenvalue weighted by Crippen LogP contribution is -2.47. The van der Waals surface area contributed by atoms with Crippen LogP contribution in [0, 0.1) is 0 Å². The molecular formula is C13H15ClF2N2O. The quantitative estimate of drug-likeness (QED) is 0.890. The first kappa shape index (κ1) is 14.1. The Morgan fingerprint density at radius 2 is 1.84 bits per heavy atom. The van der Waals surface area contributed by atoms with Crippen molar-refractivity contribution in [1.29, 1.82) is 0 Å². The maximum atomic E-state index is 13.0. The van der Waals surface area contributed by atoms with Crippen LogP contribution in [-0.4, -0.2) is 29.9 Å². The van der Waals surface area contributed by atoms with Gasteiger partial charge in [0.15, 0.2) is 0 Å². The highest BCUT2D eigenvalue weighted by molar-refractivity contribution is 6.30. The molecule has 1 fully saturated rings. The fourth-order valence-corrected chi connectivity index (χ4v) is 2.05. The van der Waals surface area contributed by atoms with E-state index >= 15 is 0 Å². The van der Waals surface area contributed by atoms with E-state index in [4.69, 9.17) is 11.6 Å². The highest BCUT2D eigenvalue weighted by Crippen LogP contribution is 2.27. The van der Waals surface area contributed by atoms with Crippen molar-refractivity contribution in [3.05, 3.63) is 34.9 Å². The molecule has 104 valence electrons. The molecule has 19 heavy (non-hydrogen) atoms. The molecule has 0 spiro atoms. The van der Waals surface area contributed by atoms with E-state index in [0.29, 0.717) is 11.6 Å². The van der Waals surface area contributed by atoms with Crippen LogP contribution in [0.4, 0.5) is 13.6 Å². The van der Waals surface area contributed by atoms with Crippen molar-refractivity contribution >= 4 is 17.6 Å². The van der Waals surface area contributed by atoms with E-state index in [1.807, 2.05) is 12.1 Å². The molecule has 0 unspecified atom stereocenters. The van der Waals surface area contributed by atoms with Crippen molar-refractivity contribution in [1.82, 2.24) is 10.2 Å². The van der Waals surface area contributed by atoms with Crippen LogP contribution < -0.4 is 5.32 Å². The first-order valence-corrected chi connectivity index (χ1v) is 6.49. The Kier molecular flexibility index (Phi) is 4.24. The molecule has 1 aliphatic heterocycles. The number of amides is 2. The van der Waals surface area contributed by atoms with Gasteiger partial charge in [-0.3, -0.25) is 0 Å². The molecule has 0 aliphatic carbocycles. The lowest BCUT2D eigenvalue weighted by molar-refractivity contribution is -0.0469. The van der Waals surface area contributed by atoms with E-state index in [2.05, 4.69) is 5.32 Å². The summed E-state index contributed by atoms with van der Waals surface area (Å²) in [5.74, 6) is -2.63. The van der Waals surface area contributed by atoms with E-state index in [9.17, 15) is 13.6 Å². The molecule has 2 rings (SSSR count). The van der Waals surface area contributed by atoms with E-state index in [0.717, 1.165) is 5.56 Å². The first-order chi connectivity index (χ1) is 8.96. The molecule has 6 heteroatoms. The summed E-state index contributed by atoms with van der Waals surface area (Å²) in [7, 11) is 0. The molecule has 0 aromatic heterocycles. The molecule has 0 saturated carbocycles. The van der Waals surface area contributed by atoms with Gasteiger partial charge in [0, 0.05) is 37.5 Å². The number of hydrogen-bond acceptors (Lipinski definition) is 1. The molecule has 0 atom stereocenters. The van der Waals surface area contributed by atoms with Gasteiger partial charge in [0.25, 0.3) is 5.92 Å². The molecule has 0 bridgehead atoms. The van der Waals surface area contributed by atoms with Crippen LogP contribution in [0.1, 0.15) is 18.4 Å². The van der Waals surface area contributed by atoms with Gasteiger partial charge in [-0.15, -0.1) is 0 Å². The van der Waals surface area contributed by atoms with Gasteiger partial charge in [0.05, 0.1) is 0 Å². The number of halogens is 3. The van der Waals surface area contributed by atoms with Gasteiger partial charge in [-0.25, -0.2) is 13.6 Å². The lowest BCUT2D eigenvalue weighted by Gasteiger charge is -2.31. The van der Waals surface area contributed by atoms with Gasteiger partial charge in [0.2, 0.25) is 0 Å². The number of urea groups is 1. The third-order valence-corrected chi connectivity index (χ3v) is 3.39. The minimum absolute atomic E-state index is 0.0967. The second-order valence-corrected chi connectivity index (χ2v) is 5.06. The van der Waals surface area contributed by atoms with Gasteiger partial charge in [-0.1, -0.05) is 23.7 Å². The summed E-state index contributed by atoms with van der Waals surface area (Å²) < 4.78 is 25.9. The summed E-state index contributed by atoms with van der Waals surface area (Å²) in [4.78, 5) is 13.2. The van der Waals surface area contributed by atoms with Crippen LogP contribution in [0.3, 0.4) is 0 Å². The Labute approximate surface area is 115 Å². The first-order valence-electron chi connectivity index (χ1n) is 6.11. The van der Waals surface area contributed by atoms with Crippen LogP contribution in [0.25, 0.3) is 0 Å². The zero-order chi connectivity index (χ0) is 13.9. The van der Waals surface area contributed by atoms with Crippen molar-refractivity contribution in [3.8, 4) is 0 Å². The molecule has 1 saturated heterocycles. The Morgan fingerprint density at radius 1 is 1.26 bits per heavy atom. The van der Waals surface area contributed by atoms with Crippen molar-refractivity contribution in [3.63, 3.8) is 0 Å². The minimum Gasteiger partial charge on any atom is -0.334 e. The van der Waals surface area contributed by atoms with Crippen LogP contribution in [-0.2, 0) is 6.54 Å². The molecular weight excluding hydrogens is 274 g/mol. The van der Waals surface area contributed by atoms with Crippen LogP contribution in [0.5, 0.6) is 0 Å².